The molecule has 0 radical (unpaired) electrons. The Labute approximate surface area is 126 Å². The van der Waals surface area contributed by atoms with Gasteiger partial charge in [-0.2, -0.15) is 0 Å². The average Bonchev–Trinajstić information content (AvgIpc) is 2.30. The second kappa shape index (κ2) is 9.13. The summed E-state index contributed by atoms with van der Waals surface area (Å²) in [5.74, 6) is 0.688. The third kappa shape index (κ3) is 6.18. The monoisotopic (exact) mass is 365 g/mol. The molecule has 0 bridgehead atoms. The van der Waals surface area contributed by atoms with Gasteiger partial charge >= 0.3 is 0 Å². The third-order valence-electron chi connectivity index (χ3n) is 2.33. The van der Waals surface area contributed by atoms with E-state index in [0.29, 0.717) is 6.54 Å². The first-order chi connectivity index (χ1) is 8.13. The van der Waals surface area contributed by atoms with Gasteiger partial charge < -0.3 is 10.2 Å². The van der Waals surface area contributed by atoms with Crippen LogP contribution in [0, 0.1) is 5.82 Å². The molecule has 18 heavy (non-hydrogen) atoms. The normalized spacial score (nSPS) is 10.8. The number of nitrogens with zero attached hydrogens (tertiary/aromatic N) is 2. The fraction of sp³-hybridized carbons (Fsp3) is 0.462. The van der Waals surface area contributed by atoms with Crippen molar-refractivity contribution in [3.63, 3.8) is 0 Å². The maximum Gasteiger partial charge on any atom is 0.193 e. The van der Waals surface area contributed by atoms with Crippen molar-refractivity contribution in [2.45, 2.75) is 13.3 Å². The van der Waals surface area contributed by atoms with Crippen molar-refractivity contribution < 1.29 is 4.39 Å². The maximum absolute atomic E-state index is 12.7. The highest BCUT2D eigenvalue weighted by Crippen LogP contribution is 2.03. The van der Waals surface area contributed by atoms with Crippen molar-refractivity contribution in [2.75, 3.05) is 27.2 Å². The van der Waals surface area contributed by atoms with Gasteiger partial charge in [0, 0.05) is 27.2 Å². The Morgan fingerprint density at radius 2 is 1.89 bits per heavy atom. The number of hydrogen-bond acceptors (Lipinski definition) is 1. The van der Waals surface area contributed by atoms with Gasteiger partial charge in [-0.3, -0.25) is 4.99 Å². The minimum atomic E-state index is -0.195. The molecule has 1 N–H and O–H groups in total. The molecule has 0 aliphatic heterocycles. The van der Waals surface area contributed by atoms with Gasteiger partial charge in [-0.15, -0.1) is 24.0 Å². The van der Waals surface area contributed by atoms with Crippen LogP contribution in [0.4, 0.5) is 4.39 Å². The molecule has 0 aromatic heterocycles. The molecular weight excluding hydrogens is 344 g/mol. The first-order valence-electron chi connectivity index (χ1n) is 5.83. The Bertz CT molecular complexity index is 363. The van der Waals surface area contributed by atoms with Crippen molar-refractivity contribution in [3.8, 4) is 0 Å². The minimum Gasteiger partial charge on any atom is -0.357 e. The lowest BCUT2D eigenvalue weighted by Crippen LogP contribution is -2.36. The van der Waals surface area contributed by atoms with Crippen LogP contribution in [0.5, 0.6) is 0 Å². The van der Waals surface area contributed by atoms with Gasteiger partial charge in [0.1, 0.15) is 5.82 Å². The molecule has 0 fully saturated rings. The highest BCUT2D eigenvalue weighted by atomic mass is 127. The van der Waals surface area contributed by atoms with Crippen molar-refractivity contribution in [1.29, 1.82) is 0 Å². The van der Waals surface area contributed by atoms with Crippen LogP contribution in [0.25, 0.3) is 0 Å². The fourth-order valence-electron chi connectivity index (χ4n) is 1.46. The average molecular weight is 365 g/mol. The van der Waals surface area contributed by atoms with Gasteiger partial charge in [0.05, 0.1) is 0 Å². The summed E-state index contributed by atoms with van der Waals surface area (Å²) in [7, 11) is 3.92. The van der Waals surface area contributed by atoms with E-state index in [9.17, 15) is 4.39 Å². The zero-order valence-electron chi connectivity index (χ0n) is 11.1. The Kier molecular flexibility index (Phi) is 8.70. The molecule has 1 aromatic rings. The van der Waals surface area contributed by atoms with Gasteiger partial charge in [0.25, 0.3) is 0 Å². The van der Waals surface area contributed by atoms with Gasteiger partial charge in [-0.25, -0.2) is 4.39 Å². The molecule has 0 unspecified atom stereocenters. The molecule has 5 heteroatoms. The van der Waals surface area contributed by atoms with E-state index in [1.807, 2.05) is 25.9 Å². The summed E-state index contributed by atoms with van der Waals surface area (Å²) in [4.78, 5) is 6.42. The van der Waals surface area contributed by atoms with Crippen molar-refractivity contribution >= 4 is 29.9 Å². The number of halogens is 2. The van der Waals surface area contributed by atoms with Crippen LogP contribution in [0.3, 0.4) is 0 Å². The summed E-state index contributed by atoms with van der Waals surface area (Å²) in [5, 5.41) is 3.19. The predicted molar refractivity (Wildman–Crippen MR) is 85.2 cm³/mol. The standard InChI is InChI=1S/C13H20FN3.HI/c1-4-15-13(17(2)3)16-10-9-11-5-7-12(14)8-6-11;/h5-8H,4,9-10H2,1-3H3,(H,15,16);1H. The Hall–Kier alpha value is -0.850. The predicted octanol–water partition coefficient (Wildman–Crippen LogP) is 2.51. The topological polar surface area (TPSA) is 27.6 Å². The van der Waals surface area contributed by atoms with Gasteiger partial charge in [-0.1, -0.05) is 12.1 Å². The zero-order chi connectivity index (χ0) is 12.7. The Morgan fingerprint density at radius 3 is 2.39 bits per heavy atom. The van der Waals surface area contributed by atoms with Crippen LogP contribution in [0.2, 0.25) is 0 Å². The van der Waals surface area contributed by atoms with Crippen LogP contribution in [-0.2, 0) is 6.42 Å². The van der Waals surface area contributed by atoms with Gasteiger partial charge in [-0.05, 0) is 31.0 Å². The second-order valence-electron chi connectivity index (χ2n) is 4.01. The largest absolute Gasteiger partial charge is 0.357 e. The molecule has 0 saturated heterocycles. The van der Waals surface area contributed by atoms with E-state index in [4.69, 9.17) is 0 Å². The number of nitrogens with one attached hydrogen (secondary N) is 1. The molecule has 0 heterocycles. The second-order valence-corrected chi connectivity index (χ2v) is 4.01. The van der Waals surface area contributed by atoms with Crippen LogP contribution in [-0.4, -0.2) is 38.0 Å². The van der Waals surface area contributed by atoms with E-state index in [1.165, 1.54) is 12.1 Å². The lowest BCUT2D eigenvalue weighted by Gasteiger charge is -2.16. The Balaban J connectivity index is 0.00000289. The third-order valence-corrected chi connectivity index (χ3v) is 2.33. The van der Waals surface area contributed by atoms with Crippen LogP contribution in [0.1, 0.15) is 12.5 Å². The first kappa shape index (κ1) is 17.2. The summed E-state index contributed by atoms with van der Waals surface area (Å²) in [6.07, 6.45) is 0.822. The summed E-state index contributed by atoms with van der Waals surface area (Å²) >= 11 is 0. The molecule has 0 spiro atoms. The van der Waals surface area contributed by atoms with Crippen molar-refractivity contribution in [1.82, 2.24) is 10.2 Å². The van der Waals surface area contributed by atoms with Crippen LogP contribution < -0.4 is 5.32 Å². The first-order valence-corrected chi connectivity index (χ1v) is 5.83. The van der Waals surface area contributed by atoms with E-state index in [1.54, 1.807) is 12.1 Å². The maximum atomic E-state index is 12.7. The van der Waals surface area contributed by atoms with Crippen LogP contribution >= 0.6 is 24.0 Å². The van der Waals surface area contributed by atoms with E-state index >= 15 is 0 Å². The molecule has 1 rings (SSSR count). The number of hydrogen-bond donors (Lipinski definition) is 1. The van der Waals surface area contributed by atoms with E-state index in [2.05, 4.69) is 10.3 Å². The molecule has 102 valence electrons. The van der Waals surface area contributed by atoms with E-state index in [-0.39, 0.29) is 29.8 Å². The SMILES string of the molecule is CCNC(=NCCc1ccc(F)cc1)N(C)C.I. The number of guanidine groups is 1. The zero-order valence-corrected chi connectivity index (χ0v) is 13.4. The van der Waals surface area contributed by atoms with Gasteiger partial charge in [0.2, 0.25) is 0 Å². The molecule has 0 atom stereocenters. The number of aliphatic imine (C=N–C) groups is 1. The molecule has 3 nitrogen and oxygen atoms in total. The lowest BCUT2D eigenvalue weighted by atomic mass is 10.1. The smallest absolute Gasteiger partial charge is 0.193 e. The number of rotatable bonds is 4. The van der Waals surface area contributed by atoms with E-state index in [0.717, 1.165) is 24.5 Å². The molecule has 0 saturated carbocycles. The molecule has 0 aliphatic rings. The molecule has 1 aromatic carbocycles. The Morgan fingerprint density at radius 1 is 1.28 bits per heavy atom. The summed E-state index contributed by atoms with van der Waals surface area (Å²) < 4.78 is 12.7. The quantitative estimate of drug-likeness (QED) is 0.505. The molecule has 0 amide bonds. The molecular formula is C13H21FIN3. The van der Waals surface area contributed by atoms with Crippen molar-refractivity contribution in [3.05, 3.63) is 35.6 Å². The highest BCUT2D eigenvalue weighted by Gasteiger charge is 1.99. The van der Waals surface area contributed by atoms with Gasteiger partial charge in [0.15, 0.2) is 5.96 Å². The van der Waals surface area contributed by atoms with Crippen molar-refractivity contribution in [2.24, 2.45) is 4.99 Å². The number of benzene rings is 1. The molecule has 0 aliphatic carbocycles. The van der Waals surface area contributed by atoms with Crippen LogP contribution in [0.15, 0.2) is 29.3 Å². The van der Waals surface area contributed by atoms with E-state index < -0.39 is 0 Å². The minimum absolute atomic E-state index is 0. The summed E-state index contributed by atoms with van der Waals surface area (Å²) in [6.45, 7) is 3.60. The highest BCUT2D eigenvalue weighted by molar-refractivity contribution is 14.0. The summed E-state index contributed by atoms with van der Waals surface area (Å²) in [6, 6.07) is 6.56. The fourth-order valence-corrected chi connectivity index (χ4v) is 1.46. The summed E-state index contributed by atoms with van der Waals surface area (Å²) in [5.41, 5.74) is 1.10. The lowest BCUT2D eigenvalue weighted by molar-refractivity contribution is 0.583.